The molecule has 4 heterocycles. The fourth-order valence-electron chi connectivity index (χ4n) is 6.27. The van der Waals surface area contributed by atoms with E-state index in [1.165, 1.54) is 12.0 Å². The van der Waals surface area contributed by atoms with E-state index >= 15 is 0 Å². The maximum absolute atomic E-state index is 7.00. The number of thiocarbonyl (C=S) groups is 1. The monoisotopic (exact) mass is 555 g/mol. The highest BCUT2D eigenvalue weighted by Gasteiger charge is 2.42. The van der Waals surface area contributed by atoms with Gasteiger partial charge >= 0.3 is 0 Å². The van der Waals surface area contributed by atoms with Gasteiger partial charge in [0.15, 0.2) is 5.11 Å². The van der Waals surface area contributed by atoms with Crippen molar-refractivity contribution in [1.29, 1.82) is 0 Å². The van der Waals surface area contributed by atoms with Gasteiger partial charge in [-0.25, -0.2) is 0 Å². The van der Waals surface area contributed by atoms with Crippen molar-refractivity contribution >= 4 is 40.3 Å². The molecular formula is C32H34ClN5S. The number of nitrogens with one attached hydrogen (secondary N) is 1. The molecule has 2 aromatic carbocycles. The number of piperidine rings is 1. The predicted octanol–water partition coefficient (Wildman–Crippen LogP) is 7.49. The van der Waals surface area contributed by atoms with Crippen LogP contribution < -0.4 is 15.1 Å². The number of nitrogens with zero attached hydrogens (tertiary/aromatic N) is 4. The summed E-state index contributed by atoms with van der Waals surface area (Å²) in [5.41, 5.74) is 6.48. The maximum atomic E-state index is 7.00. The lowest BCUT2D eigenvalue weighted by molar-refractivity contribution is 0.357. The van der Waals surface area contributed by atoms with Crippen LogP contribution in [0.5, 0.6) is 0 Å². The molecule has 0 bridgehead atoms. The van der Waals surface area contributed by atoms with E-state index in [2.05, 4.69) is 107 Å². The van der Waals surface area contributed by atoms with Gasteiger partial charge in [-0.1, -0.05) is 49.2 Å². The number of hydrogen-bond donors (Lipinski definition) is 1. The van der Waals surface area contributed by atoms with Crippen molar-refractivity contribution < 1.29 is 0 Å². The molecule has 2 aromatic heterocycles. The van der Waals surface area contributed by atoms with Crippen LogP contribution in [0.2, 0.25) is 5.02 Å². The topological polar surface area (TPSA) is 36.3 Å². The average Bonchev–Trinajstić information content (AvgIpc) is 3.53. The van der Waals surface area contributed by atoms with Crippen molar-refractivity contribution in [2.24, 2.45) is 11.8 Å². The van der Waals surface area contributed by atoms with Crippen molar-refractivity contribution in [3.8, 4) is 5.69 Å². The van der Waals surface area contributed by atoms with Gasteiger partial charge in [0.25, 0.3) is 0 Å². The van der Waals surface area contributed by atoms with Gasteiger partial charge in [0, 0.05) is 42.6 Å². The smallest absolute Gasteiger partial charge is 0.174 e. The Morgan fingerprint density at radius 2 is 1.67 bits per heavy atom. The first-order chi connectivity index (χ1) is 18.9. The Bertz CT molecular complexity index is 1460. The van der Waals surface area contributed by atoms with Crippen LogP contribution in [-0.2, 0) is 0 Å². The fourth-order valence-corrected chi connectivity index (χ4v) is 6.91. The molecule has 2 fully saturated rings. The van der Waals surface area contributed by atoms with E-state index in [0.717, 1.165) is 46.6 Å². The third-order valence-corrected chi connectivity index (χ3v) is 8.53. The second kappa shape index (κ2) is 10.7. The summed E-state index contributed by atoms with van der Waals surface area (Å²) in [6.07, 6.45) is 5.21. The van der Waals surface area contributed by atoms with Gasteiger partial charge in [0.05, 0.1) is 22.4 Å². The molecule has 200 valence electrons. The van der Waals surface area contributed by atoms with Crippen LogP contribution in [0.25, 0.3) is 5.69 Å². The summed E-state index contributed by atoms with van der Waals surface area (Å²) in [6.45, 7) is 8.82. The molecule has 0 radical (unpaired) electrons. The Hall–Kier alpha value is -3.35. The van der Waals surface area contributed by atoms with Crippen molar-refractivity contribution in [2.75, 3.05) is 22.9 Å². The third-order valence-electron chi connectivity index (χ3n) is 7.91. The van der Waals surface area contributed by atoms with Crippen molar-refractivity contribution in [3.05, 3.63) is 107 Å². The summed E-state index contributed by atoms with van der Waals surface area (Å²) in [6, 6.07) is 25.1. The molecule has 4 aromatic rings. The van der Waals surface area contributed by atoms with Crippen molar-refractivity contribution in [3.63, 3.8) is 0 Å². The summed E-state index contributed by atoms with van der Waals surface area (Å²) in [4.78, 5) is 9.35. The highest BCUT2D eigenvalue weighted by Crippen LogP contribution is 2.44. The van der Waals surface area contributed by atoms with E-state index < -0.39 is 0 Å². The molecule has 0 aliphatic carbocycles. The number of hydrogen-bond acceptors (Lipinski definition) is 3. The van der Waals surface area contributed by atoms with Gasteiger partial charge < -0.3 is 19.7 Å². The Balaban J connectivity index is 1.42. The molecule has 4 atom stereocenters. The maximum Gasteiger partial charge on any atom is 0.174 e. The molecule has 2 aliphatic rings. The molecule has 7 heteroatoms. The minimum atomic E-state index is -0.125. The molecule has 0 amide bonds. The first-order valence-electron chi connectivity index (χ1n) is 13.7. The molecule has 2 saturated heterocycles. The van der Waals surface area contributed by atoms with Gasteiger partial charge in [-0.15, -0.1) is 0 Å². The van der Waals surface area contributed by atoms with E-state index in [1.54, 1.807) is 0 Å². The first kappa shape index (κ1) is 25.9. The minimum absolute atomic E-state index is 0.124. The molecule has 0 spiro atoms. The van der Waals surface area contributed by atoms with E-state index in [1.807, 2.05) is 18.3 Å². The molecule has 39 heavy (non-hydrogen) atoms. The van der Waals surface area contributed by atoms with Crippen LogP contribution in [0, 0.1) is 18.8 Å². The Kier molecular flexibility index (Phi) is 7.08. The van der Waals surface area contributed by atoms with Gasteiger partial charge in [-0.05, 0) is 92.0 Å². The zero-order valence-electron chi connectivity index (χ0n) is 22.6. The number of benzene rings is 2. The quantitative estimate of drug-likeness (QED) is 0.258. The van der Waals surface area contributed by atoms with Gasteiger partial charge in [-0.3, -0.25) is 4.98 Å². The molecule has 0 unspecified atom stereocenters. The van der Waals surface area contributed by atoms with Crippen LogP contribution in [0.3, 0.4) is 0 Å². The Morgan fingerprint density at radius 3 is 2.36 bits per heavy atom. The first-order valence-corrected chi connectivity index (χ1v) is 14.5. The van der Waals surface area contributed by atoms with Crippen LogP contribution >= 0.6 is 23.8 Å². The van der Waals surface area contributed by atoms with Gasteiger partial charge in [0.2, 0.25) is 0 Å². The largest absolute Gasteiger partial charge is 0.370 e. The fraction of sp³-hybridized carbons (Fsp3) is 0.312. The van der Waals surface area contributed by atoms with Gasteiger partial charge in [0.1, 0.15) is 6.04 Å². The van der Waals surface area contributed by atoms with E-state index in [-0.39, 0.29) is 12.1 Å². The standard InChI is InChI=1S/C32H34ClN5S/c1-21-9-11-24(12-10-21)37-16-6-8-29(37)31-30(27-7-4-5-15-34-27)35-32(39)38(31)25-13-14-28(26(33)18-25)36-19-22(2)17-23(3)20-36/h4-16,18,22-23,30-31H,17,19-20H2,1-3H3,(H,35,39)/t22-,23+,30-,31-/m1/s1. The van der Waals surface area contributed by atoms with Crippen LogP contribution in [0.1, 0.15) is 49.3 Å². The Labute approximate surface area is 241 Å². The Morgan fingerprint density at radius 1 is 0.923 bits per heavy atom. The molecule has 2 aliphatic heterocycles. The van der Waals surface area contributed by atoms with E-state index in [9.17, 15) is 0 Å². The second-order valence-electron chi connectivity index (χ2n) is 11.1. The number of aromatic nitrogens is 2. The second-order valence-corrected chi connectivity index (χ2v) is 11.9. The average molecular weight is 556 g/mol. The lowest BCUT2D eigenvalue weighted by atomic mass is 9.91. The summed E-state index contributed by atoms with van der Waals surface area (Å²) >= 11 is 13.0. The van der Waals surface area contributed by atoms with E-state index in [4.69, 9.17) is 28.8 Å². The zero-order valence-corrected chi connectivity index (χ0v) is 24.2. The summed E-state index contributed by atoms with van der Waals surface area (Å²) in [5, 5.41) is 5.00. The van der Waals surface area contributed by atoms with E-state index in [0.29, 0.717) is 16.9 Å². The lowest BCUT2D eigenvalue weighted by Crippen LogP contribution is -2.38. The number of rotatable bonds is 5. The van der Waals surface area contributed by atoms with Crippen LogP contribution in [0.4, 0.5) is 11.4 Å². The van der Waals surface area contributed by atoms with Gasteiger partial charge in [-0.2, -0.15) is 0 Å². The number of anilines is 2. The number of halogens is 1. The van der Waals surface area contributed by atoms with Crippen LogP contribution in [-0.4, -0.2) is 27.8 Å². The molecule has 5 nitrogen and oxygen atoms in total. The molecule has 0 saturated carbocycles. The summed E-state index contributed by atoms with van der Waals surface area (Å²) in [7, 11) is 0. The summed E-state index contributed by atoms with van der Waals surface area (Å²) < 4.78 is 2.25. The minimum Gasteiger partial charge on any atom is -0.370 e. The summed E-state index contributed by atoms with van der Waals surface area (Å²) in [5.74, 6) is 1.30. The lowest BCUT2D eigenvalue weighted by Gasteiger charge is -2.37. The molecular weight excluding hydrogens is 522 g/mol. The highest BCUT2D eigenvalue weighted by molar-refractivity contribution is 7.80. The normalized spacial score (nSPS) is 23.2. The molecule has 6 rings (SSSR count). The number of pyridine rings is 1. The van der Waals surface area contributed by atoms with Crippen molar-refractivity contribution in [1.82, 2.24) is 14.9 Å². The third kappa shape index (κ3) is 5.04. The molecule has 1 N–H and O–H groups in total. The number of aryl methyl sites for hydroxylation is 1. The zero-order chi connectivity index (χ0) is 27.1. The van der Waals surface area contributed by atoms with Crippen molar-refractivity contribution in [2.45, 2.75) is 39.3 Å². The SMILES string of the molecule is Cc1ccc(-n2cccc2[C@@H]2[C@@H](c3ccccn3)NC(=S)N2c2ccc(N3C[C@H](C)C[C@H](C)C3)c(Cl)c2)cc1. The van der Waals surface area contributed by atoms with Crippen LogP contribution in [0.15, 0.2) is 85.2 Å². The highest BCUT2D eigenvalue weighted by atomic mass is 35.5. The predicted molar refractivity (Wildman–Crippen MR) is 165 cm³/mol.